The second-order valence-electron chi connectivity index (χ2n) is 3.73. The highest BCUT2D eigenvalue weighted by Gasteiger charge is 2.25. The molecule has 0 aromatic heterocycles. The summed E-state index contributed by atoms with van der Waals surface area (Å²) < 4.78 is 35.6. The molecule has 0 saturated carbocycles. The van der Waals surface area contributed by atoms with E-state index < -0.39 is 12.6 Å². The lowest BCUT2D eigenvalue weighted by atomic mass is 10.2. The predicted molar refractivity (Wildman–Crippen MR) is 59.9 cm³/mol. The first-order chi connectivity index (χ1) is 7.38. The molecule has 0 radical (unpaired) electrons. The fourth-order valence-corrected chi connectivity index (χ4v) is 1.23. The molecule has 0 aliphatic carbocycles. The molecule has 0 saturated heterocycles. The van der Waals surface area contributed by atoms with Crippen LogP contribution in [0.15, 0.2) is 24.3 Å². The zero-order chi connectivity index (χ0) is 12.2. The van der Waals surface area contributed by atoms with Gasteiger partial charge in [-0.2, -0.15) is 13.2 Å². The molecule has 16 heavy (non-hydrogen) atoms. The Morgan fingerprint density at radius 2 is 1.69 bits per heavy atom. The summed E-state index contributed by atoms with van der Waals surface area (Å²) in [6.45, 7) is -0.0924. The Morgan fingerprint density at radius 3 is 2.12 bits per heavy atom. The fraction of sp³-hybridized carbons (Fsp3) is 0.455. The third-order valence-corrected chi connectivity index (χ3v) is 2.12. The van der Waals surface area contributed by atoms with Crippen LogP contribution in [0.1, 0.15) is 6.42 Å². The highest BCUT2D eigenvalue weighted by molar-refractivity contribution is 5.54. The lowest BCUT2D eigenvalue weighted by Gasteiger charge is -2.13. The quantitative estimate of drug-likeness (QED) is 0.858. The van der Waals surface area contributed by atoms with Crippen molar-refractivity contribution in [3.63, 3.8) is 0 Å². The Kier molecular flexibility index (Phi) is 4.04. The van der Waals surface area contributed by atoms with Crippen LogP contribution >= 0.6 is 0 Å². The normalized spacial score (nSPS) is 11.3. The molecular weight excluding hydrogens is 217 g/mol. The molecular formula is C11H15F3N2. The van der Waals surface area contributed by atoms with Crippen molar-refractivity contribution in [2.24, 2.45) is 0 Å². The molecule has 1 aromatic carbocycles. The van der Waals surface area contributed by atoms with Crippen LogP contribution in [0.4, 0.5) is 24.5 Å². The van der Waals surface area contributed by atoms with Gasteiger partial charge < -0.3 is 10.2 Å². The highest BCUT2D eigenvalue weighted by atomic mass is 19.4. The van der Waals surface area contributed by atoms with Crippen LogP contribution in [0.3, 0.4) is 0 Å². The summed E-state index contributed by atoms with van der Waals surface area (Å²) in [5.74, 6) is 0. The van der Waals surface area contributed by atoms with Gasteiger partial charge in [0.05, 0.1) is 6.42 Å². The van der Waals surface area contributed by atoms with Gasteiger partial charge in [-0.3, -0.25) is 0 Å². The van der Waals surface area contributed by atoms with Crippen molar-refractivity contribution < 1.29 is 13.2 Å². The zero-order valence-corrected chi connectivity index (χ0v) is 9.30. The lowest BCUT2D eigenvalue weighted by molar-refractivity contribution is -0.131. The Balaban J connectivity index is 2.44. The van der Waals surface area contributed by atoms with Crippen molar-refractivity contribution in [2.45, 2.75) is 12.6 Å². The van der Waals surface area contributed by atoms with E-state index >= 15 is 0 Å². The Hall–Kier alpha value is -1.39. The van der Waals surface area contributed by atoms with Crippen LogP contribution in [-0.4, -0.2) is 26.8 Å². The molecule has 0 aliphatic rings. The number of halogens is 3. The van der Waals surface area contributed by atoms with E-state index in [1.807, 2.05) is 31.1 Å². The van der Waals surface area contributed by atoms with Crippen LogP contribution < -0.4 is 10.2 Å². The van der Waals surface area contributed by atoms with E-state index in [9.17, 15) is 13.2 Å². The molecule has 1 rings (SSSR count). The molecule has 1 N–H and O–H groups in total. The predicted octanol–water partition coefficient (Wildman–Crippen LogP) is 3.12. The van der Waals surface area contributed by atoms with Crippen LogP contribution in [0.2, 0.25) is 0 Å². The molecule has 1 aromatic rings. The summed E-state index contributed by atoms with van der Waals surface area (Å²) in [6, 6.07) is 7.25. The smallest absolute Gasteiger partial charge is 0.385 e. The summed E-state index contributed by atoms with van der Waals surface area (Å²) in [5.41, 5.74) is 1.72. The SMILES string of the molecule is CN(C)c1ccc(NCCC(F)(F)F)cc1. The van der Waals surface area contributed by atoms with Gasteiger partial charge in [0.25, 0.3) is 0 Å². The van der Waals surface area contributed by atoms with Gasteiger partial charge in [0, 0.05) is 32.0 Å². The lowest BCUT2D eigenvalue weighted by Crippen LogP contribution is -2.14. The molecule has 0 amide bonds. The molecule has 0 fully saturated rings. The molecule has 90 valence electrons. The second kappa shape index (κ2) is 5.09. The summed E-state index contributed by atoms with van der Waals surface area (Å²) in [6.07, 6.45) is -4.92. The first-order valence-corrected chi connectivity index (χ1v) is 4.96. The van der Waals surface area contributed by atoms with E-state index in [0.717, 1.165) is 5.69 Å². The fourth-order valence-electron chi connectivity index (χ4n) is 1.23. The van der Waals surface area contributed by atoms with Gasteiger partial charge in [0.1, 0.15) is 0 Å². The Bertz CT molecular complexity index is 317. The molecule has 2 nitrogen and oxygen atoms in total. The number of benzene rings is 1. The maximum Gasteiger partial charge on any atom is 0.390 e. The molecule has 0 unspecified atom stereocenters. The van der Waals surface area contributed by atoms with E-state index in [0.29, 0.717) is 5.69 Å². The van der Waals surface area contributed by atoms with Crippen molar-refractivity contribution >= 4 is 11.4 Å². The van der Waals surface area contributed by atoms with Crippen molar-refractivity contribution in [1.82, 2.24) is 0 Å². The summed E-state index contributed by atoms with van der Waals surface area (Å²) in [5, 5.41) is 2.73. The largest absolute Gasteiger partial charge is 0.390 e. The minimum Gasteiger partial charge on any atom is -0.385 e. The number of hydrogen-bond donors (Lipinski definition) is 1. The van der Waals surface area contributed by atoms with Gasteiger partial charge in [-0.1, -0.05) is 0 Å². The summed E-state index contributed by atoms with van der Waals surface area (Å²) >= 11 is 0. The Morgan fingerprint density at radius 1 is 1.12 bits per heavy atom. The number of hydrogen-bond acceptors (Lipinski definition) is 2. The van der Waals surface area contributed by atoms with Gasteiger partial charge in [-0.15, -0.1) is 0 Å². The van der Waals surface area contributed by atoms with Crippen molar-refractivity contribution in [2.75, 3.05) is 30.9 Å². The van der Waals surface area contributed by atoms with Gasteiger partial charge in [-0.25, -0.2) is 0 Å². The molecule has 0 aliphatic heterocycles. The minimum absolute atomic E-state index is 0.0924. The van der Waals surface area contributed by atoms with E-state index in [1.165, 1.54) is 0 Å². The number of alkyl halides is 3. The molecule has 0 bridgehead atoms. The maximum absolute atomic E-state index is 11.9. The van der Waals surface area contributed by atoms with E-state index in [-0.39, 0.29) is 6.54 Å². The number of nitrogens with one attached hydrogen (secondary N) is 1. The van der Waals surface area contributed by atoms with E-state index in [4.69, 9.17) is 0 Å². The molecule has 0 heterocycles. The summed E-state index contributed by atoms with van der Waals surface area (Å²) in [4.78, 5) is 1.93. The third-order valence-electron chi connectivity index (χ3n) is 2.12. The van der Waals surface area contributed by atoms with E-state index in [2.05, 4.69) is 5.32 Å². The van der Waals surface area contributed by atoms with Gasteiger partial charge >= 0.3 is 6.18 Å². The van der Waals surface area contributed by atoms with Crippen LogP contribution in [0.25, 0.3) is 0 Å². The van der Waals surface area contributed by atoms with Crippen molar-refractivity contribution in [1.29, 1.82) is 0 Å². The van der Waals surface area contributed by atoms with Crippen LogP contribution in [0, 0.1) is 0 Å². The average molecular weight is 232 g/mol. The monoisotopic (exact) mass is 232 g/mol. The van der Waals surface area contributed by atoms with Crippen LogP contribution in [0.5, 0.6) is 0 Å². The first kappa shape index (κ1) is 12.7. The highest BCUT2D eigenvalue weighted by Crippen LogP contribution is 2.20. The summed E-state index contributed by atoms with van der Waals surface area (Å²) in [7, 11) is 3.82. The van der Waals surface area contributed by atoms with E-state index in [1.54, 1.807) is 12.1 Å². The number of rotatable bonds is 4. The molecule has 0 spiro atoms. The number of nitrogens with zero attached hydrogens (tertiary/aromatic N) is 1. The first-order valence-electron chi connectivity index (χ1n) is 4.96. The van der Waals surface area contributed by atoms with Crippen molar-refractivity contribution in [3.05, 3.63) is 24.3 Å². The minimum atomic E-state index is -4.10. The molecule has 5 heteroatoms. The average Bonchev–Trinajstić information content (AvgIpc) is 2.16. The topological polar surface area (TPSA) is 15.3 Å². The standard InChI is InChI=1S/C11H15F3N2/c1-16(2)10-5-3-9(4-6-10)15-8-7-11(12,13)14/h3-6,15H,7-8H2,1-2H3. The maximum atomic E-state index is 11.9. The van der Waals surface area contributed by atoms with Gasteiger partial charge in [0.2, 0.25) is 0 Å². The van der Waals surface area contributed by atoms with Crippen molar-refractivity contribution in [3.8, 4) is 0 Å². The Labute approximate surface area is 93.1 Å². The van der Waals surface area contributed by atoms with Gasteiger partial charge in [0.15, 0.2) is 0 Å². The third kappa shape index (κ3) is 4.42. The number of anilines is 2. The zero-order valence-electron chi connectivity index (χ0n) is 9.30. The van der Waals surface area contributed by atoms with Gasteiger partial charge in [-0.05, 0) is 24.3 Å². The molecule has 0 atom stereocenters. The van der Waals surface area contributed by atoms with Crippen LogP contribution in [-0.2, 0) is 0 Å². The second-order valence-corrected chi connectivity index (χ2v) is 3.73.